The number of hydrogen-bond donors (Lipinski definition) is 1. The Morgan fingerprint density at radius 2 is 1.91 bits per heavy atom. The van der Waals surface area contributed by atoms with Gasteiger partial charge in [-0.25, -0.2) is 4.68 Å². The Bertz CT molecular complexity index is 1250. The molecule has 0 bridgehead atoms. The highest BCUT2D eigenvalue weighted by atomic mass is 32.2. The number of carbonyl (C=O) groups excluding carboxylic acids is 1. The van der Waals surface area contributed by atoms with E-state index in [0.717, 1.165) is 35.2 Å². The van der Waals surface area contributed by atoms with E-state index in [1.54, 1.807) is 10.9 Å². The summed E-state index contributed by atoms with van der Waals surface area (Å²) in [7, 11) is 0. The second kappa shape index (κ2) is 9.89. The molecule has 8 nitrogen and oxygen atoms in total. The third-order valence-corrected chi connectivity index (χ3v) is 7.00. The van der Waals surface area contributed by atoms with Crippen molar-refractivity contribution in [1.29, 1.82) is 0 Å². The molecule has 0 spiro atoms. The lowest BCUT2D eigenvalue weighted by atomic mass is 9.95. The minimum Gasteiger partial charge on any atom is -0.461 e. The normalized spacial score (nSPS) is 14.4. The van der Waals surface area contributed by atoms with Crippen LogP contribution in [0.2, 0.25) is 0 Å². The summed E-state index contributed by atoms with van der Waals surface area (Å²) in [5.41, 5.74) is 2.91. The van der Waals surface area contributed by atoms with Crippen molar-refractivity contribution in [3.8, 4) is 17.3 Å². The molecular weight excluding hydrogens is 448 g/mol. The molecule has 5 rings (SSSR count). The van der Waals surface area contributed by atoms with Crippen LogP contribution < -0.4 is 5.32 Å². The summed E-state index contributed by atoms with van der Waals surface area (Å²) in [5, 5.41) is 17.1. The first-order valence-corrected chi connectivity index (χ1v) is 12.6. The quantitative estimate of drug-likeness (QED) is 0.350. The summed E-state index contributed by atoms with van der Waals surface area (Å²) < 4.78 is 9.54. The first-order valence-electron chi connectivity index (χ1n) is 11.6. The number of furan rings is 1. The minimum atomic E-state index is -0.115. The topological polar surface area (TPSA) is 90.8 Å². The number of rotatable bonds is 7. The van der Waals surface area contributed by atoms with Crippen LogP contribution in [0.4, 0.5) is 5.82 Å². The lowest BCUT2D eigenvalue weighted by molar-refractivity contribution is -0.113. The van der Waals surface area contributed by atoms with E-state index in [9.17, 15) is 4.79 Å². The van der Waals surface area contributed by atoms with E-state index >= 15 is 0 Å². The highest BCUT2D eigenvalue weighted by molar-refractivity contribution is 7.99. The molecule has 1 amide bonds. The summed E-state index contributed by atoms with van der Waals surface area (Å²) >= 11 is 1.40. The van der Waals surface area contributed by atoms with Gasteiger partial charge in [0.15, 0.2) is 10.9 Å². The van der Waals surface area contributed by atoms with Gasteiger partial charge in [-0.1, -0.05) is 48.7 Å². The van der Waals surface area contributed by atoms with E-state index in [1.807, 2.05) is 56.3 Å². The van der Waals surface area contributed by atoms with Crippen molar-refractivity contribution in [2.75, 3.05) is 11.1 Å². The minimum absolute atomic E-state index is 0.115. The average Bonchev–Trinajstić information content (AvgIpc) is 3.59. The molecule has 1 aromatic carbocycles. The molecule has 1 N–H and O–H groups in total. The number of nitrogens with one attached hydrogen (secondary N) is 1. The summed E-state index contributed by atoms with van der Waals surface area (Å²) in [4.78, 5) is 12.9. The molecule has 0 radical (unpaired) electrons. The number of aromatic nitrogens is 5. The summed E-state index contributed by atoms with van der Waals surface area (Å²) in [6.07, 6.45) is 7.45. The number of thioether (sulfide) groups is 1. The molecule has 0 atom stereocenters. The molecule has 0 aliphatic heterocycles. The standard InChI is InChI=1S/C25H28N6O2S/c1-17-10-12-20(13-11-17)31-22(15-18(2)29-31)26-23(32)16-34-25-28-27-24(21-9-6-14-33-21)30(25)19-7-4-3-5-8-19/h6,9-15,19H,3-5,7-8,16H2,1-2H3,(H,26,32). The molecule has 1 saturated carbocycles. The number of hydrogen-bond acceptors (Lipinski definition) is 6. The fourth-order valence-electron chi connectivity index (χ4n) is 4.40. The molecule has 9 heteroatoms. The predicted molar refractivity (Wildman–Crippen MR) is 132 cm³/mol. The van der Waals surface area contributed by atoms with Crippen LogP contribution in [0.5, 0.6) is 0 Å². The fraction of sp³-hybridized carbons (Fsp3) is 0.360. The van der Waals surface area contributed by atoms with Crippen molar-refractivity contribution in [1.82, 2.24) is 24.5 Å². The third kappa shape index (κ3) is 4.79. The molecule has 0 unspecified atom stereocenters. The third-order valence-electron chi connectivity index (χ3n) is 6.06. The molecule has 1 aliphatic rings. The van der Waals surface area contributed by atoms with Crippen molar-refractivity contribution < 1.29 is 9.21 Å². The van der Waals surface area contributed by atoms with Crippen molar-refractivity contribution in [2.45, 2.75) is 57.1 Å². The Kier molecular flexibility index (Phi) is 6.53. The van der Waals surface area contributed by atoms with Crippen molar-refractivity contribution in [2.24, 2.45) is 0 Å². The number of amides is 1. The maximum Gasteiger partial charge on any atom is 0.236 e. The zero-order chi connectivity index (χ0) is 23.5. The van der Waals surface area contributed by atoms with Crippen LogP contribution in [0.25, 0.3) is 17.3 Å². The van der Waals surface area contributed by atoms with Crippen molar-refractivity contribution >= 4 is 23.5 Å². The fourth-order valence-corrected chi connectivity index (χ4v) is 5.20. The van der Waals surface area contributed by atoms with Gasteiger partial charge in [0.05, 0.1) is 23.4 Å². The smallest absolute Gasteiger partial charge is 0.236 e. The lowest BCUT2D eigenvalue weighted by Gasteiger charge is -2.25. The number of aryl methyl sites for hydroxylation is 2. The number of benzene rings is 1. The van der Waals surface area contributed by atoms with Crippen molar-refractivity contribution in [3.05, 3.63) is 60.0 Å². The zero-order valence-electron chi connectivity index (χ0n) is 19.4. The summed E-state index contributed by atoms with van der Waals surface area (Å²) in [6.45, 7) is 3.96. The molecule has 176 valence electrons. The first kappa shape index (κ1) is 22.5. The van der Waals surface area contributed by atoms with E-state index in [-0.39, 0.29) is 11.7 Å². The van der Waals surface area contributed by atoms with Gasteiger partial charge in [0.25, 0.3) is 0 Å². The first-order chi connectivity index (χ1) is 16.6. The molecule has 1 fully saturated rings. The number of anilines is 1. The lowest BCUT2D eigenvalue weighted by Crippen LogP contribution is -2.18. The van der Waals surface area contributed by atoms with E-state index in [4.69, 9.17) is 4.42 Å². The summed E-state index contributed by atoms with van der Waals surface area (Å²) in [5.74, 6) is 2.19. The van der Waals surface area contributed by atoms with Gasteiger partial charge < -0.3 is 9.73 Å². The van der Waals surface area contributed by atoms with E-state index < -0.39 is 0 Å². The van der Waals surface area contributed by atoms with Crippen molar-refractivity contribution in [3.63, 3.8) is 0 Å². The molecule has 0 saturated heterocycles. The van der Waals surface area contributed by atoms with Gasteiger partial charge in [0.1, 0.15) is 5.82 Å². The molecule has 34 heavy (non-hydrogen) atoms. The highest BCUT2D eigenvalue weighted by Crippen LogP contribution is 2.35. The van der Waals surface area contributed by atoms with Crippen LogP contribution in [0.1, 0.15) is 49.4 Å². The second-order valence-electron chi connectivity index (χ2n) is 8.70. The van der Waals surface area contributed by atoms with Crippen LogP contribution in [0.3, 0.4) is 0 Å². The van der Waals surface area contributed by atoms with E-state index in [0.29, 0.717) is 17.6 Å². The Labute approximate surface area is 202 Å². The predicted octanol–water partition coefficient (Wildman–Crippen LogP) is 5.58. The average molecular weight is 477 g/mol. The van der Waals surface area contributed by atoms with Crippen LogP contribution >= 0.6 is 11.8 Å². The van der Waals surface area contributed by atoms with Gasteiger partial charge >= 0.3 is 0 Å². The SMILES string of the molecule is Cc1ccc(-n2nc(C)cc2NC(=O)CSc2nnc(-c3ccco3)n2C2CCCCC2)cc1. The van der Waals surface area contributed by atoms with Gasteiger partial charge in [0.2, 0.25) is 11.7 Å². The maximum absolute atomic E-state index is 12.9. The molecular formula is C25H28N6O2S. The summed E-state index contributed by atoms with van der Waals surface area (Å²) in [6, 6.07) is 14.0. The number of carbonyl (C=O) groups is 1. The van der Waals surface area contributed by atoms with Crippen LogP contribution in [0, 0.1) is 13.8 Å². The second-order valence-corrected chi connectivity index (χ2v) is 9.64. The Morgan fingerprint density at radius 1 is 1.12 bits per heavy atom. The highest BCUT2D eigenvalue weighted by Gasteiger charge is 2.25. The molecule has 3 heterocycles. The van der Waals surface area contributed by atoms with Crippen LogP contribution in [-0.4, -0.2) is 36.2 Å². The molecule has 4 aromatic rings. The van der Waals surface area contributed by atoms with Crippen LogP contribution in [0.15, 0.2) is 58.3 Å². The van der Waals surface area contributed by atoms with Gasteiger partial charge in [-0.05, 0) is 51.0 Å². The Balaban J connectivity index is 1.32. The number of nitrogens with zero attached hydrogens (tertiary/aromatic N) is 5. The monoisotopic (exact) mass is 476 g/mol. The molecule has 3 aromatic heterocycles. The molecule has 1 aliphatic carbocycles. The maximum atomic E-state index is 12.9. The van der Waals surface area contributed by atoms with E-state index in [2.05, 4.69) is 25.2 Å². The van der Waals surface area contributed by atoms with E-state index in [1.165, 1.54) is 36.6 Å². The van der Waals surface area contributed by atoms with Gasteiger partial charge in [-0.2, -0.15) is 5.10 Å². The largest absolute Gasteiger partial charge is 0.461 e. The van der Waals surface area contributed by atoms with Gasteiger partial charge in [0, 0.05) is 12.1 Å². The van der Waals surface area contributed by atoms with Crippen LogP contribution in [-0.2, 0) is 4.79 Å². The zero-order valence-corrected chi connectivity index (χ0v) is 20.2. The Hall–Kier alpha value is -3.33. The van der Waals surface area contributed by atoms with Gasteiger partial charge in [-0.15, -0.1) is 10.2 Å². The van der Waals surface area contributed by atoms with Gasteiger partial charge in [-0.3, -0.25) is 9.36 Å². The Morgan fingerprint density at radius 3 is 2.65 bits per heavy atom.